The largest absolute Gasteiger partial charge is 0.494 e. The molecule has 108 valence electrons. The zero-order valence-corrected chi connectivity index (χ0v) is 12.1. The predicted molar refractivity (Wildman–Crippen MR) is 78.4 cm³/mol. The van der Waals surface area contributed by atoms with Gasteiger partial charge in [0.1, 0.15) is 5.75 Å². The molecule has 2 unspecified atom stereocenters. The van der Waals surface area contributed by atoms with Gasteiger partial charge in [-0.15, -0.1) is 0 Å². The lowest BCUT2D eigenvalue weighted by Crippen LogP contribution is -2.34. The lowest BCUT2D eigenvalue weighted by atomic mass is 9.96. The summed E-state index contributed by atoms with van der Waals surface area (Å²) >= 11 is 0. The molecule has 4 nitrogen and oxygen atoms in total. The van der Waals surface area contributed by atoms with Crippen molar-refractivity contribution in [1.82, 2.24) is 5.32 Å². The van der Waals surface area contributed by atoms with E-state index < -0.39 is 6.10 Å². The number of hydrogen-bond acceptors (Lipinski definition) is 4. The Morgan fingerprint density at radius 2 is 2.16 bits per heavy atom. The Morgan fingerprint density at radius 3 is 2.68 bits per heavy atom. The van der Waals surface area contributed by atoms with Gasteiger partial charge in [0.25, 0.3) is 0 Å². The summed E-state index contributed by atoms with van der Waals surface area (Å²) in [5, 5.41) is 13.5. The SMILES string of the molecule is CCCOc1ccc(C(O)C(CCN)NC)c(C)c1. The minimum atomic E-state index is -0.547. The highest BCUT2D eigenvalue weighted by molar-refractivity contribution is 5.36. The number of aryl methyl sites for hydroxylation is 1. The molecule has 0 spiro atoms. The van der Waals surface area contributed by atoms with Crippen LogP contribution in [0.1, 0.15) is 37.0 Å². The van der Waals surface area contributed by atoms with Crippen LogP contribution in [-0.4, -0.2) is 31.3 Å². The molecule has 19 heavy (non-hydrogen) atoms. The molecule has 4 heteroatoms. The van der Waals surface area contributed by atoms with Gasteiger partial charge < -0.3 is 20.9 Å². The standard InChI is InChI=1S/C15H26N2O2/c1-4-9-19-12-5-6-13(11(2)10-12)15(18)14(17-3)7-8-16/h5-6,10,14-15,17-18H,4,7-9,16H2,1-3H3. The summed E-state index contributed by atoms with van der Waals surface area (Å²) in [5.74, 6) is 0.857. The third-order valence-corrected chi connectivity index (χ3v) is 3.26. The molecule has 4 N–H and O–H groups in total. The molecular formula is C15H26N2O2. The summed E-state index contributed by atoms with van der Waals surface area (Å²) < 4.78 is 5.59. The van der Waals surface area contributed by atoms with E-state index in [-0.39, 0.29) is 6.04 Å². The molecule has 1 rings (SSSR count). The average molecular weight is 266 g/mol. The van der Waals surface area contributed by atoms with Crippen molar-refractivity contribution in [2.75, 3.05) is 20.2 Å². The molecule has 0 saturated carbocycles. The van der Waals surface area contributed by atoms with E-state index in [1.165, 1.54) is 0 Å². The van der Waals surface area contributed by atoms with E-state index in [0.29, 0.717) is 13.2 Å². The Hall–Kier alpha value is -1.10. The molecule has 0 heterocycles. The number of nitrogens with two attached hydrogens (primary N) is 1. The van der Waals surface area contributed by atoms with Gasteiger partial charge in [0.15, 0.2) is 0 Å². The van der Waals surface area contributed by atoms with Crippen LogP contribution in [0.3, 0.4) is 0 Å². The molecule has 1 aromatic rings. The van der Waals surface area contributed by atoms with Gasteiger partial charge in [0.2, 0.25) is 0 Å². The molecule has 0 saturated heterocycles. The summed E-state index contributed by atoms with van der Waals surface area (Å²) in [6.45, 7) is 5.34. The molecule has 0 amide bonds. The minimum absolute atomic E-state index is 0.0221. The lowest BCUT2D eigenvalue weighted by Gasteiger charge is -2.24. The van der Waals surface area contributed by atoms with Crippen LogP contribution >= 0.6 is 0 Å². The Bertz CT molecular complexity index is 382. The van der Waals surface area contributed by atoms with Crippen molar-refractivity contribution in [3.63, 3.8) is 0 Å². The van der Waals surface area contributed by atoms with Gasteiger partial charge in [0.05, 0.1) is 12.7 Å². The quantitative estimate of drug-likeness (QED) is 0.670. The van der Waals surface area contributed by atoms with E-state index in [4.69, 9.17) is 10.5 Å². The van der Waals surface area contributed by atoms with Gasteiger partial charge >= 0.3 is 0 Å². The van der Waals surface area contributed by atoms with Crippen LogP contribution in [0.15, 0.2) is 18.2 Å². The van der Waals surface area contributed by atoms with Crippen molar-refractivity contribution in [3.05, 3.63) is 29.3 Å². The Kier molecular flexibility index (Phi) is 6.84. The molecule has 0 aliphatic rings. The van der Waals surface area contributed by atoms with Crippen LogP contribution < -0.4 is 15.8 Å². The molecule has 0 fully saturated rings. The second kappa shape index (κ2) is 8.15. The maximum absolute atomic E-state index is 10.4. The van der Waals surface area contributed by atoms with E-state index in [1.807, 2.05) is 32.2 Å². The summed E-state index contributed by atoms with van der Waals surface area (Å²) in [4.78, 5) is 0. The molecule has 0 radical (unpaired) electrons. The topological polar surface area (TPSA) is 67.5 Å². The number of benzene rings is 1. The summed E-state index contributed by atoms with van der Waals surface area (Å²) in [5.41, 5.74) is 7.53. The first-order valence-corrected chi connectivity index (χ1v) is 6.92. The van der Waals surface area contributed by atoms with Gasteiger partial charge in [-0.25, -0.2) is 0 Å². The average Bonchev–Trinajstić information content (AvgIpc) is 2.42. The van der Waals surface area contributed by atoms with Gasteiger partial charge in [-0.3, -0.25) is 0 Å². The van der Waals surface area contributed by atoms with E-state index in [9.17, 15) is 5.11 Å². The van der Waals surface area contributed by atoms with E-state index in [2.05, 4.69) is 12.2 Å². The Balaban J connectivity index is 2.82. The van der Waals surface area contributed by atoms with Crippen LogP contribution in [0.4, 0.5) is 0 Å². The van der Waals surface area contributed by atoms with Crippen LogP contribution in [0.2, 0.25) is 0 Å². The highest BCUT2D eigenvalue weighted by Crippen LogP contribution is 2.25. The van der Waals surface area contributed by atoms with Crippen LogP contribution in [0, 0.1) is 6.92 Å². The smallest absolute Gasteiger partial charge is 0.119 e. The maximum Gasteiger partial charge on any atom is 0.119 e. The summed E-state index contributed by atoms with van der Waals surface area (Å²) in [7, 11) is 1.84. The second-order valence-corrected chi connectivity index (χ2v) is 4.78. The normalized spacial score (nSPS) is 14.2. The summed E-state index contributed by atoms with van der Waals surface area (Å²) in [6, 6.07) is 5.80. The summed E-state index contributed by atoms with van der Waals surface area (Å²) in [6.07, 6.45) is 1.18. The van der Waals surface area contributed by atoms with Crippen LogP contribution in [-0.2, 0) is 0 Å². The number of hydrogen-bond donors (Lipinski definition) is 3. The number of rotatable bonds is 8. The van der Waals surface area contributed by atoms with Crippen molar-refractivity contribution in [2.45, 2.75) is 38.8 Å². The Labute approximate surface area is 116 Å². The van der Waals surface area contributed by atoms with Gasteiger partial charge in [-0.1, -0.05) is 13.0 Å². The highest BCUT2D eigenvalue weighted by Gasteiger charge is 2.20. The van der Waals surface area contributed by atoms with Crippen molar-refractivity contribution < 1.29 is 9.84 Å². The van der Waals surface area contributed by atoms with Crippen molar-refractivity contribution >= 4 is 0 Å². The predicted octanol–water partition coefficient (Wildman–Crippen LogP) is 1.75. The van der Waals surface area contributed by atoms with Gasteiger partial charge in [0, 0.05) is 6.04 Å². The minimum Gasteiger partial charge on any atom is -0.494 e. The van der Waals surface area contributed by atoms with Crippen molar-refractivity contribution in [1.29, 1.82) is 0 Å². The third kappa shape index (κ3) is 4.49. The first-order chi connectivity index (χ1) is 9.13. The first kappa shape index (κ1) is 16.0. The van der Waals surface area contributed by atoms with Gasteiger partial charge in [-0.2, -0.15) is 0 Å². The van der Waals surface area contributed by atoms with Crippen LogP contribution in [0.25, 0.3) is 0 Å². The molecule has 2 atom stereocenters. The van der Waals surface area contributed by atoms with E-state index in [1.54, 1.807) is 0 Å². The fraction of sp³-hybridized carbons (Fsp3) is 0.600. The van der Waals surface area contributed by atoms with E-state index in [0.717, 1.165) is 29.7 Å². The van der Waals surface area contributed by atoms with Crippen molar-refractivity contribution in [3.8, 4) is 5.75 Å². The fourth-order valence-corrected chi connectivity index (χ4v) is 2.15. The monoisotopic (exact) mass is 266 g/mol. The molecule has 0 bridgehead atoms. The second-order valence-electron chi connectivity index (χ2n) is 4.78. The van der Waals surface area contributed by atoms with Crippen molar-refractivity contribution in [2.24, 2.45) is 5.73 Å². The van der Waals surface area contributed by atoms with Crippen LogP contribution in [0.5, 0.6) is 5.75 Å². The maximum atomic E-state index is 10.4. The molecule has 0 aromatic heterocycles. The third-order valence-electron chi connectivity index (χ3n) is 3.26. The zero-order valence-electron chi connectivity index (χ0n) is 12.1. The molecule has 0 aliphatic heterocycles. The number of ether oxygens (including phenoxy) is 1. The van der Waals surface area contributed by atoms with Gasteiger partial charge in [-0.05, 0) is 56.6 Å². The molecular weight excluding hydrogens is 240 g/mol. The fourth-order valence-electron chi connectivity index (χ4n) is 2.15. The Morgan fingerprint density at radius 1 is 1.42 bits per heavy atom. The molecule has 1 aromatic carbocycles. The number of aliphatic hydroxyl groups is 1. The van der Waals surface area contributed by atoms with E-state index >= 15 is 0 Å². The zero-order chi connectivity index (χ0) is 14.3. The first-order valence-electron chi connectivity index (χ1n) is 6.92. The molecule has 0 aliphatic carbocycles. The lowest BCUT2D eigenvalue weighted by molar-refractivity contribution is 0.128. The number of likely N-dealkylation sites (N-methyl/N-ethyl adjacent to an activating group) is 1. The highest BCUT2D eigenvalue weighted by atomic mass is 16.5. The number of aliphatic hydroxyl groups excluding tert-OH is 1. The number of nitrogens with one attached hydrogen (secondary N) is 1.